The maximum absolute atomic E-state index is 14.1. The Morgan fingerprint density at radius 2 is 1.27 bits per heavy atom. The lowest BCUT2D eigenvalue weighted by Crippen LogP contribution is -2.61. The van der Waals surface area contributed by atoms with Gasteiger partial charge in [-0.3, -0.25) is 33.6 Å². The first-order valence-corrected chi connectivity index (χ1v) is 22.0. The van der Waals surface area contributed by atoms with Crippen molar-refractivity contribution in [1.82, 2.24) is 31.5 Å². The van der Waals surface area contributed by atoms with E-state index in [1.54, 1.807) is 36.4 Å². The number of carbonyl (C=O) groups is 7. The molecule has 0 radical (unpaired) electrons. The summed E-state index contributed by atoms with van der Waals surface area (Å²) in [5.41, 5.74) is 10.5. The molecular weight excluding hydrogens is 863 g/mol. The van der Waals surface area contributed by atoms with E-state index in [2.05, 4.69) is 26.6 Å². The zero-order valence-corrected chi connectivity index (χ0v) is 37.6. The first kappa shape index (κ1) is 50.8. The number of aliphatic carboxylic acids is 1. The maximum Gasteiger partial charge on any atom is 0.322 e. The number of benzene rings is 4. The number of carboxylic acids is 1. The summed E-state index contributed by atoms with van der Waals surface area (Å²) in [7, 11) is 0. The molecule has 4 aromatic rings. The molecule has 0 unspecified atom stereocenters. The van der Waals surface area contributed by atoms with Crippen LogP contribution < -0.4 is 32.3 Å². The molecule has 0 spiro atoms. The molecule has 5 rings (SSSR count). The van der Waals surface area contributed by atoms with Crippen LogP contribution in [0.3, 0.4) is 0 Å². The summed E-state index contributed by atoms with van der Waals surface area (Å²) < 4.78 is 5.85. The molecule has 67 heavy (non-hydrogen) atoms. The summed E-state index contributed by atoms with van der Waals surface area (Å²) in [5, 5.41) is 42.5. The van der Waals surface area contributed by atoms with Crippen LogP contribution in [0.5, 0.6) is 5.75 Å². The number of amides is 6. The second-order valence-electron chi connectivity index (χ2n) is 16.6. The van der Waals surface area contributed by atoms with Crippen molar-refractivity contribution in [2.75, 3.05) is 13.1 Å². The minimum atomic E-state index is -1.57. The van der Waals surface area contributed by atoms with Crippen LogP contribution in [-0.4, -0.2) is 123 Å². The number of nitrogens with zero attached hydrogens (tertiary/aromatic N) is 1. The average Bonchev–Trinajstić information content (AvgIpc) is 3.82. The third-order valence-electron chi connectivity index (χ3n) is 11.3. The van der Waals surface area contributed by atoms with Gasteiger partial charge in [-0.1, -0.05) is 97.1 Å². The summed E-state index contributed by atoms with van der Waals surface area (Å²) in [6.07, 6.45) is -1.78. The van der Waals surface area contributed by atoms with Crippen molar-refractivity contribution < 1.29 is 53.6 Å². The third kappa shape index (κ3) is 14.9. The Labute approximate surface area is 388 Å². The van der Waals surface area contributed by atoms with E-state index >= 15 is 0 Å². The summed E-state index contributed by atoms with van der Waals surface area (Å²) in [6, 6.07) is 24.7. The van der Waals surface area contributed by atoms with Crippen molar-refractivity contribution in [2.45, 2.75) is 102 Å². The molecule has 4 aromatic carbocycles. The molecule has 1 fully saturated rings. The largest absolute Gasteiger partial charge is 0.508 e. The van der Waals surface area contributed by atoms with Gasteiger partial charge >= 0.3 is 5.97 Å². The fraction of sp³-hybridized carbons (Fsp3) is 0.367. The Balaban J connectivity index is 1.23. The lowest BCUT2D eigenvalue weighted by Gasteiger charge is -2.31. The Hall–Kier alpha value is -7.15. The van der Waals surface area contributed by atoms with Gasteiger partial charge in [-0.05, 0) is 80.0 Å². The van der Waals surface area contributed by atoms with Crippen molar-refractivity contribution >= 4 is 41.4 Å². The van der Waals surface area contributed by atoms with Crippen LogP contribution in [0.25, 0.3) is 11.1 Å². The summed E-state index contributed by atoms with van der Waals surface area (Å²) in [5.74, 6) is -5.93. The van der Waals surface area contributed by atoms with Gasteiger partial charge in [0.15, 0.2) is 0 Å². The molecule has 0 bridgehead atoms. The minimum absolute atomic E-state index is 0.0172. The van der Waals surface area contributed by atoms with E-state index in [1.807, 2.05) is 60.7 Å². The zero-order chi connectivity index (χ0) is 48.6. The summed E-state index contributed by atoms with van der Waals surface area (Å²) >= 11 is 0. The number of ether oxygens (including phenoxy) is 1. The van der Waals surface area contributed by atoms with Crippen LogP contribution in [0, 0.1) is 0 Å². The lowest BCUT2D eigenvalue weighted by atomic mass is 10.00. The van der Waals surface area contributed by atoms with E-state index in [0.717, 1.165) is 22.3 Å². The smallest absolute Gasteiger partial charge is 0.322 e. The molecule has 10 N–H and O–H groups in total. The van der Waals surface area contributed by atoms with E-state index < -0.39 is 96.4 Å². The predicted octanol–water partition coefficient (Wildman–Crippen LogP) is 1.31. The fourth-order valence-corrected chi connectivity index (χ4v) is 7.51. The molecule has 6 amide bonds. The highest BCUT2D eigenvalue weighted by Crippen LogP contribution is 2.22. The third-order valence-corrected chi connectivity index (χ3v) is 11.3. The van der Waals surface area contributed by atoms with Gasteiger partial charge in [-0.2, -0.15) is 0 Å². The van der Waals surface area contributed by atoms with E-state index in [1.165, 1.54) is 37.8 Å². The van der Waals surface area contributed by atoms with Crippen molar-refractivity contribution in [3.8, 4) is 16.9 Å². The first-order valence-electron chi connectivity index (χ1n) is 22.0. The van der Waals surface area contributed by atoms with Crippen LogP contribution in [0.15, 0.2) is 109 Å². The van der Waals surface area contributed by atoms with Crippen LogP contribution in [0.1, 0.15) is 50.3 Å². The van der Waals surface area contributed by atoms with Gasteiger partial charge in [0.05, 0.1) is 24.9 Å². The molecular formula is C49H59N7O11. The van der Waals surface area contributed by atoms with Crippen molar-refractivity contribution in [2.24, 2.45) is 5.73 Å². The molecule has 0 saturated carbocycles. The number of likely N-dealkylation sites (tertiary alicyclic amines) is 1. The van der Waals surface area contributed by atoms with Crippen molar-refractivity contribution in [1.29, 1.82) is 0 Å². The number of phenolic OH excluding ortho intramolecular Hbond substituents is 1. The fourth-order valence-electron chi connectivity index (χ4n) is 7.51. The lowest BCUT2D eigenvalue weighted by molar-refractivity contribution is -0.144. The van der Waals surface area contributed by atoms with Gasteiger partial charge in [-0.15, -0.1) is 0 Å². The Bertz CT molecular complexity index is 2320. The van der Waals surface area contributed by atoms with E-state index in [4.69, 9.17) is 15.6 Å². The monoisotopic (exact) mass is 921 g/mol. The molecule has 8 atom stereocenters. The standard InChI is InChI=1S/C49H59N7O11/c1-29(44(61)55-43(48(65)51-27-41(59)60)31(3)67-28-34-11-6-4-7-12-34)52-47(64)40-15-10-24-56(40)49(66)42(30(2)57)54-46(63)39(26-33-18-22-37(58)23-19-33)53-45(62)38(50)25-32-16-20-36(21-17-32)35-13-8-5-9-14-35/h4-9,11-14,16-23,29-31,38-40,42-43,57-58H,10,15,24-28,50H2,1-3H3,(H,51,65)(H,52,64)(H,53,62)(H,54,63)(H,55,61)(H,59,60)/t29-,30+,31+,38-,39-,40-,42-,43-/m0/s1. The molecule has 18 heteroatoms. The molecule has 356 valence electrons. The van der Waals surface area contributed by atoms with E-state index in [9.17, 15) is 43.8 Å². The predicted molar refractivity (Wildman–Crippen MR) is 247 cm³/mol. The number of carbonyl (C=O) groups excluding carboxylic acids is 6. The number of hydrogen-bond acceptors (Lipinski definition) is 11. The van der Waals surface area contributed by atoms with Gasteiger partial charge < -0.3 is 57.3 Å². The second-order valence-corrected chi connectivity index (χ2v) is 16.6. The number of aromatic hydroxyl groups is 1. The summed E-state index contributed by atoms with van der Waals surface area (Å²) in [6.45, 7) is 3.64. The summed E-state index contributed by atoms with van der Waals surface area (Å²) in [4.78, 5) is 94.4. The number of nitrogens with one attached hydrogen (secondary N) is 5. The van der Waals surface area contributed by atoms with Gasteiger partial charge in [0.25, 0.3) is 0 Å². The minimum Gasteiger partial charge on any atom is -0.508 e. The normalized spacial score (nSPS) is 16.5. The molecule has 1 aliphatic heterocycles. The number of hydrogen-bond donors (Lipinski definition) is 9. The molecule has 1 heterocycles. The Kier molecular flexibility index (Phi) is 18.5. The highest BCUT2D eigenvalue weighted by Gasteiger charge is 2.41. The van der Waals surface area contributed by atoms with Gasteiger partial charge in [0.2, 0.25) is 35.4 Å². The van der Waals surface area contributed by atoms with Gasteiger partial charge in [0, 0.05) is 13.0 Å². The average molecular weight is 922 g/mol. The number of phenols is 1. The number of carboxylic acid groups (broad SMARTS) is 1. The first-order chi connectivity index (χ1) is 32.0. The topological polar surface area (TPSA) is 279 Å². The van der Waals surface area contributed by atoms with Crippen molar-refractivity contribution in [3.05, 3.63) is 126 Å². The quantitative estimate of drug-likeness (QED) is 0.0540. The number of aliphatic hydroxyl groups excluding tert-OH is 1. The van der Waals surface area contributed by atoms with E-state index in [0.29, 0.717) is 12.0 Å². The Morgan fingerprint density at radius 3 is 1.90 bits per heavy atom. The SMILES string of the molecule is C[C@H](NC(=O)[C@@H]1CCCN1C(=O)[C@@H](NC(=O)[C@H](Cc1ccc(O)cc1)NC(=O)[C@@H](N)Cc1ccc(-c2ccccc2)cc1)[C@@H](C)O)C(=O)N[C@H](C(=O)NCC(=O)O)[C@@H](C)OCc1ccccc1. The molecule has 0 aromatic heterocycles. The van der Waals surface area contributed by atoms with Crippen LogP contribution >= 0.6 is 0 Å². The van der Waals surface area contributed by atoms with E-state index in [-0.39, 0.29) is 38.2 Å². The van der Waals surface area contributed by atoms with Crippen molar-refractivity contribution in [3.63, 3.8) is 0 Å². The van der Waals surface area contributed by atoms with Gasteiger partial charge in [0.1, 0.15) is 42.5 Å². The van der Waals surface area contributed by atoms with Gasteiger partial charge in [-0.25, -0.2) is 0 Å². The number of rotatable bonds is 22. The number of aliphatic hydroxyl groups is 1. The molecule has 0 aliphatic carbocycles. The van der Waals surface area contributed by atoms with Crippen LogP contribution in [-0.2, 0) is 57.7 Å². The molecule has 1 aliphatic rings. The zero-order valence-electron chi connectivity index (χ0n) is 37.6. The van der Waals surface area contributed by atoms with Crippen LogP contribution in [0.4, 0.5) is 0 Å². The number of nitrogens with two attached hydrogens (primary N) is 1. The second kappa shape index (κ2) is 24.4. The van der Waals surface area contributed by atoms with Crippen LogP contribution in [0.2, 0.25) is 0 Å². The molecule has 18 nitrogen and oxygen atoms in total. The highest BCUT2D eigenvalue weighted by molar-refractivity contribution is 5.97. The highest BCUT2D eigenvalue weighted by atomic mass is 16.5. The Morgan fingerprint density at radius 1 is 0.687 bits per heavy atom. The molecule has 1 saturated heterocycles. The maximum atomic E-state index is 14.1.